The summed E-state index contributed by atoms with van der Waals surface area (Å²) in [6, 6.07) is 22.9. The van der Waals surface area contributed by atoms with Gasteiger partial charge in [0.1, 0.15) is 24.7 Å². The summed E-state index contributed by atoms with van der Waals surface area (Å²) in [6.07, 6.45) is 0.514. The van der Waals surface area contributed by atoms with E-state index in [9.17, 15) is 14.4 Å². The van der Waals surface area contributed by atoms with Crippen LogP contribution in [0.15, 0.2) is 78.9 Å². The molecule has 0 radical (unpaired) electrons. The van der Waals surface area contributed by atoms with Crippen LogP contribution in [0.5, 0.6) is 5.75 Å². The standard InChI is InChI=1S/C33H42N2O5Si/c1-24-17-18-30(40-41(5,6)33(2,3)4)27(19-24)21-28(22-36)34-31(37)29(20-25-13-9-7-10-14-25)35-32(38)39-23-26-15-11-8-12-16-26/h7-19,22,28-29H,20-21,23H2,1-6H3,(H,34,37)(H,35,38)/t28-,29-/m0/s1. The Kier molecular flexibility index (Phi) is 10.9. The van der Waals surface area contributed by atoms with Gasteiger partial charge in [-0.2, -0.15) is 0 Å². The number of benzene rings is 3. The van der Waals surface area contributed by atoms with Crippen LogP contribution >= 0.6 is 0 Å². The molecule has 8 heteroatoms. The first-order chi connectivity index (χ1) is 19.4. The van der Waals surface area contributed by atoms with Crippen LogP contribution in [0.2, 0.25) is 18.1 Å². The van der Waals surface area contributed by atoms with Gasteiger partial charge in [-0.15, -0.1) is 0 Å². The van der Waals surface area contributed by atoms with Gasteiger partial charge in [0.2, 0.25) is 14.2 Å². The lowest BCUT2D eigenvalue weighted by Gasteiger charge is -2.37. The van der Waals surface area contributed by atoms with Crippen LogP contribution in [0.3, 0.4) is 0 Å². The minimum Gasteiger partial charge on any atom is -0.543 e. The molecule has 2 atom stereocenters. The quantitative estimate of drug-likeness (QED) is 0.200. The van der Waals surface area contributed by atoms with E-state index in [1.54, 1.807) is 0 Å². The zero-order chi connectivity index (χ0) is 30.0. The number of hydrogen-bond donors (Lipinski definition) is 2. The van der Waals surface area contributed by atoms with Crippen LogP contribution in [0.25, 0.3) is 0 Å². The smallest absolute Gasteiger partial charge is 0.408 e. The molecule has 0 spiro atoms. The number of aryl methyl sites for hydroxylation is 1. The number of carbonyl (C=O) groups excluding carboxylic acids is 3. The SMILES string of the molecule is Cc1ccc(O[Si](C)(C)C(C)(C)C)c(C[C@@H](C=O)NC(=O)[C@H](Cc2ccccc2)NC(=O)OCc2ccccc2)c1. The van der Waals surface area contributed by atoms with Gasteiger partial charge in [0.05, 0.1) is 6.04 Å². The summed E-state index contributed by atoms with van der Waals surface area (Å²) in [7, 11) is -2.14. The molecule has 7 nitrogen and oxygen atoms in total. The number of nitrogens with one attached hydrogen (secondary N) is 2. The average Bonchev–Trinajstić information content (AvgIpc) is 2.93. The number of rotatable bonds is 12. The van der Waals surface area contributed by atoms with Crippen molar-refractivity contribution in [3.8, 4) is 5.75 Å². The van der Waals surface area contributed by atoms with Crippen molar-refractivity contribution in [3.05, 3.63) is 101 Å². The molecule has 0 aliphatic rings. The first-order valence-corrected chi connectivity index (χ1v) is 16.8. The molecule has 0 aliphatic heterocycles. The Labute approximate surface area is 244 Å². The third-order valence-electron chi connectivity index (χ3n) is 7.42. The molecule has 0 saturated heterocycles. The predicted molar refractivity (Wildman–Crippen MR) is 164 cm³/mol. The summed E-state index contributed by atoms with van der Waals surface area (Å²) in [4.78, 5) is 38.3. The second kappa shape index (κ2) is 14.1. The van der Waals surface area contributed by atoms with E-state index in [-0.39, 0.29) is 24.5 Å². The van der Waals surface area contributed by atoms with Crippen molar-refractivity contribution in [2.45, 2.75) is 77.4 Å². The Morgan fingerprint density at radius 1 is 0.878 bits per heavy atom. The van der Waals surface area contributed by atoms with E-state index in [1.807, 2.05) is 85.8 Å². The van der Waals surface area contributed by atoms with Crippen molar-refractivity contribution in [2.24, 2.45) is 0 Å². The van der Waals surface area contributed by atoms with Crippen molar-refractivity contribution >= 4 is 26.6 Å². The fourth-order valence-electron chi connectivity index (χ4n) is 4.01. The molecule has 3 aromatic carbocycles. The van der Waals surface area contributed by atoms with Crippen molar-refractivity contribution in [1.29, 1.82) is 0 Å². The van der Waals surface area contributed by atoms with E-state index in [0.29, 0.717) is 0 Å². The Balaban J connectivity index is 1.75. The number of ether oxygens (including phenoxy) is 1. The minimum atomic E-state index is -2.14. The largest absolute Gasteiger partial charge is 0.543 e. The molecule has 0 bridgehead atoms. The summed E-state index contributed by atoms with van der Waals surface area (Å²) in [5.74, 6) is 0.258. The maximum absolute atomic E-state index is 13.5. The van der Waals surface area contributed by atoms with E-state index < -0.39 is 32.4 Å². The number of hydrogen-bond acceptors (Lipinski definition) is 5. The lowest BCUT2D eigenvalue weighted by molar-refractivity contribution is -0.125. The monoisotopic (exact) mass is 574 g/mol. The normalized spacial score (nSPS) is 13.0. The molecule has 41 heavy (non-hydrogen) atoms. The Morgan fingerprint density at radius 2 is 1.49 bits per heavy atom. The highest BCUT2D eigenvalue weighted by Gasteiger charge is 2.39. The van der Waals surface area contributed by atoms with Crippen molar-refractivity contribution in [2.75, 3.05) is 0 Å². The molecule has 0 unspecified atom stereocenters. The predicted octanol–water partition coefficient (Wildman–Crippen LogP) is 6.14. The maximum atomic E-state index is 13.5. The van der Waals surface area contributed by atoms with Gasteiger partial charge in [-0.3, -0.25) is 4.79 Å². The molecule has 0 fully saturated rings. The summed E-state index contributed by atoms with van der Waals surface area (Å²) < 4.78 is 11.9. The Hall–Kier alpha value is -3.91. The van der Waals surface area contributed by atoms with Crippen molar-refractivity contribution in [1.82, 2.24) is 10.6 Å². The highest BCUT2D eigenvalue weighted by atomic mass is 28.4. The van der Waals surface area contributed by atoms with Gasteiger partial charge < -0.3 is 24.6 Å². The van der Waals surface area contributed by atoms with E-state index in [0.717, 1.165) is 34.3 Å². The number of amides is 2. The van der Waals surface area contributed by atoms with Gasteiger partial charge in [0.25, 0.3) is 0 Å². The van der Waals surface area contributed by atoms with Gasteiger partial charge in [0.15, 0.2) is 0 Å². The van der Waals surface area contributed by atoms with Crippen LogP contribution in [0.4, 0.5) is 4.79 Å². The zero-order valence-corrected chi connectivity index (χ0v) is 25.9. The lowest BCUT2D eigenvalue weighted by Crippen LogP contribution is -2.51. The molecule has 0 heterocycles. The molecule has 0 saturated carbocycles. The first-order valence-electron chi connectivity index (χ1n) is 13.9. The molecule has 3 rings (SSSR count). The molecular formula is C33H42N2O5Si. The molecule has 0 aromatic heterocycles. The fourth-order valence-corrected chi connectivity index (χ4v) is 5.07. The van der Waals surface area contributed by atoms with Gasteiger partial charge in [-0.25, -0.2) is 4.79 Å². The minimum absolute atomic E-state index is 0.00111. The number of aldehydes is 1. The Bertz CT molecular complexity index is 1310. The van der Waals surface area contributed by atoms with Crippen molar-refractivity contribution < 1.29 is 23.5 Å². The van der Waals surface area contributed by atoms with E-state index in [4.69, 9.17) is 9.16 Å². The third-order valence-corrected chi connectivity index (χ3v) is 11.8. The first kappa shape index (κ1) is 31.6. The molecule has 2 N–H and O–H groups in total. The van der Waals surface area contributed by atoms with Crippen LogP contribution in [0, 0.1) is 6.92 Å². The molecular weight excluding hydrogens is 532 g/mol. The highest BCUT2D eigenvalue weighted by Crippen LogP contribution is 2.38. The highest BCUT2D eigenvalue weighted by molar-refractivity contribution is 6.74. The number of carbonyl (C=O) groups is 3. The van der Waals surface area contributed by atoms with E-state index in [2.05, 4.69) is 44.5 Å². The second-order valence-electron chi connectivity index (χ2n) is 11.9. The topological polar surface area (TPSA) is 93.7 Å². The second-order valence-corrected chi connectivity index (χ2v) is 16.6. The molecule has 218 valence electrons. The average molecular weight is 575 g/mol. The zero-order valence-electron chi connectivity index (χ0n) is 24.9. The van der Waals surface area contributed by atoms with Gasteiger partial charge in [-0.05, 0) is 47.8 Å². The van der Waals surface area contributed by atoms with Gasteiger partial charge in [-0.1, -0.05) is 99.1 Å². The third kappa shape index (κ3) is 9.60. The fraction of sp³-hybridized carbons (Fsp3) is 0.364. The summed E-state index contributed by atoms with van der Waals surface area (Å²) in [6.45, 7) is 12.9. The van der Waals surface area contributed by atoms with Crippen LogP contribution in [-0.2, 0) is 33.8 Å². The summed E-state index contributed by atoms with van der Waals surface area (Å²) in [5.41, 5.74) is 3.58. The summed E-state index contributed by atoms with van der Waals surface area (Å²) in [5, 5.41) is 5.52. The van der Waals surface area contributed by atoms with Crippen molar-refractivity contribution in [3.63, 3.8) is 0 Å². The van der Waals surface area contributed by atoms with Crippen LogP contribution < -0.4 is 15.1 Å². The van der Waals surface area contributed by atoms with E-state index in [1.165, 1.54) is 0 Å². The molecule has 2 amide bonds. The van der Waals surface area contributed by atoms with E-state index >= 15 is 0 Å². The van der Waals surface area contributed by atoms with Crippen LogP contribution in [-0.4, -0.2) is 38.7 Å². The van der Waals surface area contributed by atoms with Crippen LogP contribution in [0.1, 0.15) is 43.0 Å². The Morgan fingerprint density at radius 3 is 2.07 bits per heavy atom. The molecule has 3 aromatic rings. The number of alkyl carbamates (subject to hydrolysis) is 1. The summed E-state index contributed by atoms with van der Waals surface area (Å²) >= 11 is 0. The van der Waals surface area contributed by atoms with Gasteiger partial charge >= 0.3 is 6.09 Å². The van der Waals surface area contributed by atoms with Gasteiger partial charge in [0, 0.05) is 12.8 Å². The maximum Gasteiger partial charge on any atom is 0.408 e. The lowest BCUT2D eigenvalue weighted by atomic mass is 10.0. The molecule has 0 aliphatic carbocycles.